The summed E-state index contributed by atoms with van der Waals surface area (Å²) in [5, 5.41) is 8.77. The number of nitrogens with one attached hydrogen (secondary N) is 3. The Morgan fingerprint density at radius 3 is 2.64 bits per heavy atom. The minimum absolute atomic E-state index is 0. The second kappa shape index (κ2) is 8.76. The molecule has 1 fully saturated rings. The van der Waals surface area contributed by atoms with Crippen molar-refractivity contribution in [2.24, 2.45) is 11.8 Å². The minimum Gasteiger partial charge on any atom is -0.352 e. The first-order chi connectivity index (χ1) is 10.1. The van der Waals surface area contributed by atoms with Gasteiger partial charge in [0.15, 0.2) is 0 Å². The molecule has 1 aliphatic rings. The van der Waals surface area contributed by atoms with Crippen LogP contribution in [-0.4, -0.2) is 32.0 Å². The monoisotopic (exact) mass is 325 g/mol. The third-order valence-corrected chi connectivity index (χ3v) is 3.73. The van der Waals surface area contributed by atoms with Gasteiger partial charge >= 0.3 is 0 Å². The van der Waals surface area contributed by atoms with Crippen molar-refractivity contribution in [3.63, 3.8) is 0 Å². The smallest absolute Gasteiger partial charge is 0.251 e. The lowest BCUT2D eigenvalue weighted by Crippen LogP contribution is -2.26. The molecule has 2 unspecified atom stereocenters. The number of carbonyl (C=O) groups is 2. The van der Waals surface area contributed by atoms with Gasteiger partial charge < -0.3 is 16.0 Å². The minimum atomic E-state index is -0.109. The lowest BCUT2D eigenvalue weighted by Gasteiger charge is -2.08. The van der Waals surface area contributed by atoms with Gasteiger partial charge in [0.25, 0.3) is 5.91 Å². The summed E-state index contributed by atoms with van der Waals surface area (Å²) in [5.41, 5.74) is 1.25. The zero-order chi connectivity index (χ0) is 15.2. The Morgan fingerprint density at radius 2 is 2.00 bits per heavy atom. The largest absolute Gasteiger partial charge is 0.352 e. The Hall–Kier alpha value is -1.59. The van der Waals surface area contributed by atoms with Crippen molar-refractivity contribution in [3.05, 3.63) is 29.8 Å². The van der Waals surface area contributed by atoms with Crippen LogP contribution in [0.3, 0.4) is 0 Å². The zero-order valence-corrected chi connectivity index (χ0v) is 13.8. The van der Waals surface area contributed by atoms with Crippen molar-refractivity contribution in [2.45, 2.75) is 19.8 Å². The molecule has 0 aliphatic heterocycles. The number of carbonyl (C=O) groups excluding carboxylic acids is 2. The van der Waals surface area contributed by atoms with Crippen LogP contribution in [-0.2, 0) is 4.79 Å². The summed E-state index contributed by atoms with van der Waals surface area (Å²) in [6, 6.07) is 7.07. The first kappa shape index (κ1) is 18.5. The molecule has 2 amide bonds. The summed E-state index contributed by atoms with van der Waals surface area (Å²) in [6.45, 7) is 3.57. The van der Waals surface area contributed by atoms with Crippen LogP contribution in [0.5, 0.6) is 0 Å². The van der Waals surface area contributed by atoms with Crippen molar-refractivity contribution in [1.82, 2.24) is 10.6 Å². The van der Waals surface area contributed by atoms with E-state index < -0.39 is 0 Å². The summed E-state index contributed by atoms with van der Waals surface area (Å²) >= 11 is 0. The molecule has 2 atom stereocenters. The molecule has 1 aliphatic carbocycles. The van der Waals surface area contributed by atoms with E-state index in [1.165, 1.54) is 0 Å². The maximum Gasteiger partial charge on any atom is 0.251 e. The SMILES string of the molecule is CNCCCNC(=O)c1cccc(NC(=O)C2CC2C)c1.Cl. The van der Waals surface area contributed by atoms with Crippen LogP contribution < -0.4 is 16.0 Å². The van der Waals surface area contributed by atoms with Gasteiger partial charge in [-0.25, -0.2) is 0 Å². The molecule has 0 radical (unpaired) electrons. The van der Waals surface area contributed by atoms with E-state index in [0.29, 0.717) is 23.7 Å². The highest BCUT2D eigenvalue weighted by Crippen LogP contribution is 2.38. The van der Waals surface area contributed by atoms with E-state index >= 15 is 0 Å². The van der Waals surface area contributed by atoms with Crippen LogP contribution in [0.1, 0.15) is 30.1 Å². The van der Waals surface area contributed by atoms with Gasteiger partial charge in [0.1, 0.15) is 0 Å². The molecule has 0 aromatic heterocycles. The van der Waals surface area contributed by atoms with Gasteiger partial charge in [-0.3, -0.25) is 9.59 Å². The van der Waals surface area contributed by atoms with Crippen LogP contribution >= 0.6 is 12.4 Å². The second-order valence-corrected chi connectivity index (χ2v) is 5.60. The van der Waals surface area contributed by atoms with Crippen molar-refractivity contribution in [3.8, 4) is 0 Å². The van der Waals surface area contributed by atoms with E-state index in [1.807, 2.05) is 13.1 Å². The highest BCUT2D eigenvalue weighted by atomic mass is 35.5. The van der Waals surface area contributed by atoms with Gasteiger partial charge in [-0.15, -0.1) is 12.4 Å². The van der Waals surface area contributed by atoms with Crippen LogP contribution in [0, 0.1) is 11.8 Å². The molecule has 0 heterocycles. The molecule has 3 N–H and O–H groups in total. The second-order valence-electron chi connectivity index (χ2n) is 5.60. The summed E-state index contributed by atoms with van der Waals surface area (Å²) in [7, 11) is 1.88. The first-order valence-electron chi connectivity index (χ1n) is 7.45. The number of hydrogen-bond donors (Lipinski definition) is 3. The molecule has 0 spiro atoms. The van der Waals surface area contributed by atoms with Gasteiger partial charge in [-0.1, -0.05) is 13.0 Å². The van der Waals surface area contributed by atoms with E-state index in [-0.39, 0.29) is 30.1 Å². The van der Waals surface area contributed by atoms with E-state index in [1.54, 1.807) is 18.2 Å². The topological polar surface area (TPSA) is 70.2 Å². The molecule has 0 bridgehead atoms. The Bertz CT molecular complexity index is 522. The van der Waals surface area contributed by atoms with Crippen LogP contribution in [0.4, 0.5) is 5.69 Å². The number of rotatable bonds is 7. The summed E-state index contributed by atoms with van der Waals surface area (Å²) in [4.78, 5) is 23.9. The predicted molar refractivity (Wildman–Crippen MR) is 90.5 cm³/mol. The Morgan fingerprint density at radius 1 is 1.27 bits per heavy atom. The molecule has 0 saturated heterocycles. The molecule has 1 aromatic carbocycles. The summed E-state index contributed by atoms with van der Waals surface area (Å²) in [6.07, 6.45) is 1.84. The predicted octanol–water partition coefficient (Wildman–Crippen LogP) is 2.04. The van der Waals surface area contributed by atoms with Gasteiger partial charge in [0.2, 0.25) is 5.91 Å². The number of benzene rings is 1. The maximum atomic E-state index is 12.0. The highest BCUT2D eigenvalue weighted by Gasteiger charge is 2.39. The van der Waals surface area contributed by atoms with Gasteiger partial charge in [0, 0.05) is 23.7 Å². The fourth-order valence-electron chi connectivity index (χ4n) is 2.23. The van der Waals surface area contributed by atoms with E-state index in [9.17, 15) is 9.59 Å². The average molecular weight is 326 g/mol. The van der Waals surface area contributed by atoms with Crippen LogP contribution in [0.25, 0.3) is 0 Å². The van der Waals surface area contributed by atoms with Crippen LogP contribution in [0.15, 0.2) is 24.3 Å². The van der Waals surface area contributed by atoms with Crippen molar-refractivity contribution in [1.29, 1.82) is 0 Å². The molecule has 6 heteroatoms. The van der Waals surface area contributed by atoms with Gasteiger partial charge in [-0.05, 0) is 50.6 Å². The molecule has 22 heavy (non-hydrogen) atoms. The van der Waals surface area contributed by atoms with Crippen LogP contribution in [0.2, 0.25) is 0 Å². The number of anilines is 1. The number of hydrogen-bond acceptors (Lipinski definition) is 3. The number of halogens is 1. The highest BCUT2D eigenvalue weighted by molar-refractivity contribution is 5.98. The van der Waals surface area contributed by atoms with Gasteiger partial charge in [-0.2, -0.15) is 0 Å². The number of amides is 2. The molecule has 2 rings (SSSR count). The lowest BCUT2D eigenvalue weighted by atomic mass is 10.2. The summed E-state index contributed by atoms with van der Waals surface area (Å²) in [5.74, 6) is 0.545. The Kier molecular flexibility index (Phi) is 7.35. The van der Waals surface area contributed by atoms with E-state index in [2.05, 4.69) is 22.9 Å². The molecule has 1 saturated carbocycles. The third-order valence-electron chi connectivity index (χ3n) is 3.73. The fraction of sp³-hybridized carbons (Fsp3) is 0.500. The van der Waals surface area contributed by atoms with E-state index in [0.717, 1.165) is 19.4 Å². The Labute approximate surface area is 137 Å². The molecule has 5 nitrogen and oxygen atoms in total. The average Bonchev–Trinajstić information content (AvgIpc) is 3.21. The van der Waals surface area contributed by atoms with Crippen molar-refractivity contribution >= 4 is 29.9 Å². The van der Waals surface area contributed by atoms with Crippen molar-refractivity contribution < 1.29 is 9.59 Å². The maximum absolute atomic E-state index is 12.0. The first-order valence-corrected chi connectivity index (χ1v) is 7.45. The quantitative estimate of drug-likeness (QED) is 0.672. The normalized spacial score (nSPS) is 19.0. The van der Waals surface area contributed by atoms with Crippen molar-refractivity contribution in [2.75, 3.05) is 25.5 Å². The molecular formula is C16H24ClN3O2. The van der Waals surface area contributed by atoms with Gasteiger partial charge in [0.05, 0.1) is 0 Å². The van der Waals surface area contributed by atoms with E-state index in [4.69, 9.17) is 0 Å². The molecular weight excluding hydrogens is 302 g/mol. The fourth-order valence-corrected chi connectivity index (χ4v) is 2.23. The third kappa shape index (κ3) is 5.31. The molecule has 122 valence electrons. The summed E-state index contributed by atoms with van der Waals surface area (Å²) < 4.78 is 0. The lowest BCUT2D eigenvalue weighted by molar-refractivity contribution is -0.117. The molecule has 1 aromatic rings. The zero-order valence-electron chi connectivity index (χ0n) is 13.0. The standard InChI is InChI=1S/C16H23N3O2.ClH/c1-11-9-14(11)16(21)19-13-6-3-5-12(10-13)15(20)18-8-4-7-17-2;/h3,5-6,10-11,14,17H,4,7-9H2,1-2H3,(H,18,20)(H,19,21);1H. The Balaban J connectivity index is 0.00000242.